The molecule has 0 aromatic carbocycles. The monoisotopic (exact) mass is 249 g/mol. The maximum Gasteiger partial charge on any atom is 0.164 e. The van der Waals surface area contributed by atoms with E-state index < -0.39 is 0 Å². The number of hydrogen-bond acceptors (Lipinski definition) is 4. The van der Waals surface area contributed by atoms with Crippen LogP contribution in [0.5, 0.6) is 5.75 Å². The smallest absolute Gasteiger partial charge is 0.164 e. The number of rotatable bonds is 2. The van der Waals surface area contributed by atoms with Crippen LogP contribution >= 0.6 is 11.8 Å². The fourth-order valence-corrected chi connectivity index (χ4v) is 3.38. The molecule has 2 aromatic rings. The van der Waals surface area contributed by atoms with Crippen LogP contribution in [0, 0.1) is 0 Å². The molecule has 90 valence electrons. The Morgan fingerprint density at radius 1 is 1.47 bits per heavy atom. The Hall–Kier alpha value is -1.23. The Morgan fingerprint density at radius 2 is 2.41 bits per heavy atom. The zero-order valence-corrected chi connectivity index (χ0v) is 10.6. The minimum absolute atomic E-state index is 0.539. The molecular formula is C12H15N3OS. The van der Waals surface area contributed by atoms with Crippen molar-refractivity contribution in [3.8, 4) is 5.75 Å². The topological polar surface area (TPSA) is 39.4 Å². The number of fused-ring (bicyclic) bond motifs is 1. The number of hydrogen-bond donors (Lipinski definition) is 0. The first-order valence-corrected chi connectivity index (χ1v) is 7.00. The summed E-state index contributed by atoms with van der Waals surface area (Å²) in [5.41, 5.74) is 0.870. The van der Waals surface area contributed by atoms with Crippen LogP contribution in [0.15, 0.2) is 18.3 Å². The van der Waals surface area contributed by atoms with E-state index in [1.54, 1.807) is 7.11 Å². The van der Waals surface area contributed by atoms with Crippen LogP contribution in [-0.2, 0) is 0 Å². The summed E-state index contributed by atoms with van der Waals surface area (Å²) in [6, 6.07) is 3.88. The van der Waals surface area contributed by atoms with Gasteiger partial charge in [0.05, 0.1) is 7.11 Å². The van der Waals surface area contributed by atoms with E-state index in [4.69, 9.17) is 4.74 Å². The van der Waals surface area contributed by atoms with Crippen molar-refractivity contribution in [2.45, 2.75) is 18.8 Å². The quantitative estimate of drug-likeness (QED) is 0.819. The molecule has 0 radical (unpaired) electrons. The predicted molar refractivity (Wildman–Crippen MR) is 68.8 cm³/mol. The number of pyridine rings is 1. The summed E-state index contributed by atoms with van der Waals surface area (Å²) < 4.78 is 7.27. The van der Waals surface area contributed by atoms with Gasteiger partial charge in [-0.15, -0.1) is 10.2 Å². The van der Waals surface area contributed by atoms with Gasteiger partial charge in [0, 0.05) is 23.9 Å². The van der Waals surface area contributed by atoms with E-state index >= 15 is 0 Å². The average Bonchev–Trinajstić information content (AvgIpc) is 2.82. The second-order valence-electron chi connectivity index (χ2n) is 4.27. The van der Waals surface area contributed by atoms with Gasteiger partial charge in [-0.05, 0) is 24.7 Å². The summed E-state index contributed by atoms with van der Waals surface area (Å²) in [7, 11) is 1.67. The van der Waals surface area contributed by atoms with Gasteiger partial charge in [-0.3, -0.25) is 4.40 Å². The van der Waals surface area contributed by atoms with Crippen molar-refractivity contribution in [3.63, 3.8) is 0 Å². The molecule has 1 unspecified atom stereocenters. The Balaban J connectivity index is 1.99. The molecule has 5 heteroatoms. The van der Waals surface area contributed by atoms with Crippen LogP contribution in [0.25, 0.3) is 5.65 Å². The van der Waals surface area contributed by atoms with E-state index in [1.807, 2.05) is 30.1 Å². The van der Waals surface area contributed by atoms with Crippen molar-refractivity contribution >= 4 is 17.4 Å². The molecule has 0 spiro atoms. The van der Waals surface area contributed by atoms with Crippen LogP contribution in [0.2, 0.25) is 0 Å². The highest BCUT2D eigenvalue weighted by Crippen LogP contribution is 2.30. The Labute approximate surface area is 104 Å². The van der Waals surface area contributed by atoms with Gasteiger partial charge in [0.25, 0.3) is 0 Å². The second-order valence-corrected chi connectivity index (χ2v) is 5.42. The molecule has 17 heavy (non-hydrogen) atoms. The fraction of sp³-hybridized carbons (Fsp3) is 0.500. The van der Waals surface area contributed by atoms with Gasteiger partial charge in [0.1, 0.15) is 11.6 Å². The largest absolute Gasteiger partial charge is 0.497 e. The molecule has 0 bridgehead atoms. The number of aromatic nitrogens is 3. The molecule has 2 aromatic heterocycles. The molecule has 1 fully saturated rings. The standard InChI is InChI=1S/C12H15N3OS/c1-16-10-4-5-15-11(7-10)13-14-12(15)9-3-2-6-17-8-9/h4-5,7,9H,2-3,6,8H2,1H3. The number of nitrogens with zero attached hydrogens (tertiary/aromatic N) is 3. The molecule has 1 atom stereocenters. The highest BCUT2D eigenvalue weighted by Gasteiger charge is 2.21. The third kappa shape index (κ3) is 1.99. The van der Waals surface area contributed by atoms with E-state index in [0.29, 0.717) is 5.92 Å². The normalized spacial score (nSPS) is 20.6. The van der Waals surface area contributed by atoms with Gasteiger partial charge in [-0.2, -0.15) is 11.8 Å². The lowest BCUT2D eigenvalue weighted by atomic mass is 10.1. The number of thioether (sulfide) groups is 1. The van der Waals surface area contributed by atoms with Gasteiger partial charge in [0.15, 0.2) is 5.65 Å². The summed E-state index contributed by atoms with van der Waals surface area (Å²) in [5.74, 6) is 4.90. The molecule has 0 amide bonds. The van der Waals surface area contributed by atoms with Crippen molar-refractivity contribution in [1.29, 1.82) is 0 Å². The summed E-state index contributed by atoms with van der Waals surface area (Å²) in [5, 5.41) is 8.56. The van der Waals surface area contributed by atoms with E-state index in [2.05, 4.69) is 14.6 Å². The minimum atomic E-state index is 0.539. The molecule has 3 heterocycles. The maximum atomic E-state index is 5.19. The SMILES string of the molecule is COc1ccn2c(C3CCCSC3)nnc2c1. The lowest BCUT2D eigenvalue weighted by Crippen LogP contribution is -2.12. The van der Waals surface area contributed by atoms with Crippen LogP contribution in [0.4, 0.5) is 0 Å². The molecular weight excluding hydrogens is 234 g/mol. The average molecular weight is 249 g/mol. The Morgan fingerprint density at radius 3 is 3.18 bits per heavy atom. The van der Waals surface area contributed by atoms with Gasteiger partial charge >= 0.3 is 0 Å². The van der Waals surface area contributed by atoms with Gasteiger partial charge in [-0.1, -0.05) is 0 Å². The lowest BCUT2D eigenvalue weighted by molar-refractivity contribution is 0.414. The Bertz CT molecular complexity index is 519. The minimum Gasteiger partial charge on any atom is -0.497 e. The lowest BCUT2D eigenvalue weighted by Gasteiger charge is -2.19. The van der Waals surface area contributed by atoms with Crippen molar-refractivity contribution in [2.75, 3.05) is 18.6 Å². The molecule has 0 saturated carbocycles. The molecule has 1 aliphatic heterocycles. The van der Waals surface area contributed by atoms with Crippen molar-refractivity contribution < 1.29 is 4.74 Å². The fourth-order valence-electron chi connectivity index (χ4n) is 2.24. The van der Waals surface area contributed by atoms with Crippen molar-refractivity contribution in [3.05, 3.63) is 24.2 Å². The first-order chi connectivity index (χ1) is 8.38. The van der Waals surface area contributed by atoms with Crippen LogP contribution < -0.4 is 4.74 Å². The van der Waals surface area contributed by atoms with Crippen LogP contribution in [0.3, 0.4) is 0 Å². The van der Waals surface area contributed by atoms with E-state index in [0.717, 1.165) is 23.0 Å². The second kappa shape index (κ2) is 4.56. The van der Waals surface area contributed by atoms with E-state index in [1.165, 1.54) is 18.6 Å². The van der Waals surface area contributed by atoms with Crippen molar-refractivity contribution in [1.82, 2.24) is 14.6 Å². The number of methoxy groups -OCH3 is 1. The van der Waals surface area contributed by atoms with Crippen molar-refractivity contribution in [2.24, 2.45) is 0 Å². The summed E-state index contributed by atoms with van der Waals surface area (Å²) in [6.45, 7) is 0. The molecule has 0 aliphatic carbocycles. The molecule has 4 nitrogen and oxygen atoms in total. The van der Waals surface area contributed by atoms with Gasteiger partial charge in [0.2, 0.25) is 0 Å². The summed E-state index contributed by atoms with van der Waals surface area (Å²) in [4.78, 5) is 0. The van der Waals surface area contributed by atoms with Crippen LogP contribution in [0.1, 0.15) is 24.6 Å². The van der Waals surface area contributed by atoms with E-state index in [-0.39, 0.29) is 0 Å². The third-order valence-corrected chi connectivity index (χ3v) is 4.38. The van der Waals surface area contributed by atoms with Gasteiger partial charge in [-0.25, -0.2) is 0 Å². The molecule has 0 N–H and O–H groups in total. The highest BCUT2D eigenvalue weighted by molar-refractivity contribution is 7.99. The van der Waals surface area contributed by atoms with Gasteiger partial charge < -0.3 is 4.74 Å². The molecule has 3 rings (SSSR count). The summed E-state index contributed by atoms with van der Waals surface area (Å²) >= 11 is 2.01. The van der Waals surface area contributed by atoms with Crippen LogP contribution in [-0.4, -0.2) is 33.2 Å². The highest BCUT2D eigenvalue weighted by atomic mass is 32.2. The zero-order chi connectivity index (χ0) is 11.7. The molecule has 1 aliphatic rings. The first kappa shape index (κ1) is 10.9. The first-order valence-electron chi connectivity index (χ1n) is 5.85. The predicted octanol–water partition coefficient (Wildman–Crippen LogP) is 2.35. The zero-order valence-electron chi connectivity index (χ0n) is 9.80. The summed E-state index contributed by atoms with van der Waals surface area (Å²) in [6.07, 6.45) is 4.50. The van der Waals surface area contributed by atoms with E-state index in [9.17, 15) is 0 Å². The maximum absolute atomic E-state index is 5.19. The molecule has 1 saturated heterocycles. The number of ether oxygens (including phenoxy) is 1. The Kier molecular flexibility index (Phi) is 2.93. The third-order valence-electron chi connectivity index (χ3n) is 3.17.